The molecule has 0 bridgehead atoms. The summed E-state index contributed by atoms with van der Waals surface area (Å²) in [4.78, 5) is 0.207. The van der Waals surface area contributed by atoms with Gasteiger partial charge in [-0.25, -0.2) is 13.1 Å². The lowest BCUT2D eigenvalue weighted by Crippen LogP contribution is -2.28. The van der Waals surface area contributed by atoms with Crippen molar-refractivity contribution in [2.45, 2.75) is 44.0 Å². The van der Waals surface area contributed by atoms with Crippen molar-refractivity contribution in [3.63, 3.8) is 0 Å². The molecule has 18 heavy (non-hydrogen) atoms. The second kappa shape index (κ2) is 5.38. The van der Waals surface area contributed by atoms with Crippen molar-refractivity contribution in [2.75, 3.05) is 6.54 Å². The summed E-state index contributed by atoms with van der Waals surface area (Å²) in [5.41, 5.74) is 6.42. The topological polar surface area (TPSA) is 101 Å². The van der Waals surface area contributed by atoms with Crippen LogP contribution in [0.5, 0.6) is 0 Å². The minimum Gasteiger partial charge on any atom is -0.325 e. The van der Waals surface area contributed by atoms with Crippen LogP contribution < -0.4 is 10.5 Å². The first kappa shape index (κ1) is 13.5. The molecule has 1 fully saturated rings. The van der Waals surface area contributed by atoms with Crippen LogP contribution in [-0.4, -0.2) is 25.2 Å². The number of rotatable bonds is 6. The number of aromatic amines is 1. The van der Waals surface area contributed by atoms with Crippen molar-refractivity contribution < 1.29 is 8.42 Å². The highest BCUT2D eigenvalue weighted by Gasteiger charge is 2.24. The van der Waals surface area contributed by atoms with Gasteiger partial charge >= 0.3 is 0 Å². The van der Waals surface area contributed by atoms with Gasteiger partial charge in [-0.3, -0.25) is 5.10 Å². The van der Waals surface area contributed by atoms with E-state index in [-0.39, 0.29) is 11.4 Å². The minimum absolute atomic E-state index is 0.114. The quantitative estimate of drug-likeness (QED) is 0.707. The van der Waals surface area contributed by atoms with Crippen LogP contribution in [0.15, 0.2) is 4.90 Å². The second-order valence-corrected chi connectivity index (χ2v) is 6.52. The molecule has 0 saturated heterocycles. The van der Waals surface area contributed by atoms with Crippen LogP contribution in [0.3, 0.4) is 0 Å². The van der Waals surface area contributed by atoms with E-state index in [9.17, 15) is 8.42 Å². The Bertz CT molecular complexity index is 505. The highest BCUT2D eigenvalue weighted by molar-refractivity contribution is 7.89. The standard InChI is InChI=1S/C11H20N4O2S/c1-8-11(10(7-12)15-14-8)18(16,17)13-6-5-9-3-2-4-9/h9,13H,2-7,12H2,1H3,(H,14,15). The summed E-state index contributed by atoms with van der Waals surface area (Å²) >= 11 is 0. The normalized spacial score (nSPS) is 16.8. The molecule has 0 spiro atoms. The fraction of sp³-hybridized carbons (Fsp3) is 0.727. The van der Waals surface area contributed by atoms with Crippen molar-refractivity contribution >= 4 is 10.0 Å². The molecule has 102 valence electrons. The van der Waals surface area contributed by atoms with Gasteiger partial charge in [0.05, 0.1) is 11.4 Å². The van der Waals surface area contributed by atoms with Gasteiger partial charge in [-0.15, -0.1) is 0 Å². The van der Waals surface area contributed by atoms with Gasteiger partial charge < -0.3 is 5.73 Å². The second-order valence-electron chi connectivity index (χ2n) is 4.81. The van der Waals surface area contributed by atoms with Crippen molar-refractivity contribution in [3.05, 3.63) is 11.4 Å². The molecule has 1 heterocycles. The average Bonchev–Trinajstić information content (AvgIpc) is 2.64. The first-order valence-electron chi connectivity index (χ1n) is 6.28. The van der Waals surface area contributed by atoms with E-state index in [1.54, 1.807) is 6.92 Å². The van der Waals surface area contributed by atoms with Gasteiger partial charge in [0.1, 0.15) is 4.90 Å². The Balaban J connectivity index is 2.02. The summed E-state index contributed by atoms with van der Waals surface area (Å²) in [6, 6.07) is 0. The third-order valence-corrected chi connectivity index (χ3v) is 5.16. The number of sulfonamides is 1. The Hall–Kier alpha value is -0.920. The molecule has 2 rings (SSSR count). The molecule has 6 nitrogen and oxygen atoms in total. The number of aromatic nitrogens is 2. The molecule has 1 aromatic rings. The highest BCUT2D eigenvalue weighted by Crippen LogP contribution is 2.29. The number of hydrogen-bond acceptors (Lipinski definition) is 4. The molecule has 0 radical (unpaired) electrons. The molecule has 1 aromatic heterocycles. The zero-order chi connectivity index (χ0) is 13.2. The van der Waals surface area contributed by atoms with E-state index in [2.05, 4.69) is 14.9 Å². The first-order valence-corrected chi connectivity index (χ1v) is 7.76. The van der Waals surface area contributed by atoms with Crippen LogP contribution in [0.2, 0.25) is 0 Å². The molecular weight excluding hydrogens is 252 g/mol. The third-order valence-electron chi connectivity index (χ3n) is 3.49. The molecule has 7 heteroatoms. The van der Waals surface area contributed by atoms with Crippen molar-refractivity contribution in [2.24, 2.45) is 11.7 Å². The van der Waals surface area contributed by atoms with Gasteiger partial charge in [0.15, 0.2) is 0 Å². The largest absolute Gasteiger partial charge is 0.325 e. The number of nitrogens with two attached hydrogens (primary N) is 1. The Labute approximate surface area is 107 Å². The van der Waals surface area contributed by atoms with E-state index in [0.29, 0.717) is 23.9 Å². The molecule has 1 saturated carbocycles. The molecule has 1 aliphatic carbocycles. The monoisotopic (exact) mass is 272 g/mol. The average molecular weight is 272 g/mol. The van der Waals surface area contributed by atoms with E-state index >= 15 is 0 Å². The fourth-order valence-corrected chi connectivity index (χ4v) is 3.63. The number of H-pyrrole nitrogens is 1. The van der Waals surface area contributed by atoms with E-state index in [1.165, 1.54) is 19.3 Å². The minimum atomic E-state index is -3.49. The molecule has 0 atom stereocenters. The summed E-state index contributed by atoms with van der Waals surface area (Å²) in [5, 5.41) is 6.57. The Morgan fingerprint density at radius 1 is 1.50 bits per heavy atom. The molecule has 1 aliphatic rings. The number of aryl methyl sites for hydroxylation is 1. The first-order chi connectivity index (χ1) is 8.54. The highest BCUT2D eigenvalue weighted by atomic mass is 32.2. The maximum absolute atomic E-state index is 12.2. The van der Waals surface area contributed by atoms with Crippen molar-refractivity contribution in [3.8, 4) is 0 Å². The summed E-state index contributed by atoms with van der Waals surface area (Å²) in [6.07, 6.45) is 4.63. The van der Waals surface area contributed by atoms with Crippen LogP contribution in [0.4, 0.5) is 0 Å². The van der Waals surface area contributed by atoms with Gasteiger partial charge in [-0.2, -0.15) is 5.10 Å². The number of nitrogens with zero attached hydrogens (tertiary/aromatic N) is 1. The summed E-state index contributed by atoms with van der Waals surface area (Å²) in [7, 11) is -3.49. The zero-order valence-electron chi connectivity index (χ0n) is 10.6. The van der Waals surface area contributed by atoms with Crippen molar-refractivity contribution in [1.29, 1.82) is 0 Å². The van der Waals surface area contributed by atoms with Crippen LogP contribution in [0.25, 0.3) is 0 Å². The molecule has 0 aromatic carbocycles. The molecule has 0 unspecified atom stereocenters. The predicted octanol–water partition coefficient (Wildman–Crippen LogP) is 0.645. The van der Waals surface area contributed by atoms with Gasteiger partial charge in [0.2, 0.25) is 10.0 Å². The summed E-state index contributed by atoms with van der Waals surface area (Å²) in [5.74, 6) is 0.687. The van der Waals surface area contributed by atoms with E-state index in [1.807, 2.05) is 0 Å². The van der Waals surface area contributed by atoms with Crippen LogP contribution in [0, 0.1) is 12.8 Å². The molecular formula is C11H20N4O2S. The molecule has 4 N–H and O–H groups in total. The van der Waals surface area contributed by atoms with Crippen LogP contribution in [-0.2, 0) is 16.6 Å². The predicted molar refractivity (Wildman–Crippen MR) is 68.4 cm³/mol. The smallest absolute Gasteiger partial charge is 0.244 e. The lowest BCUT2D eigenvalue weighted by molar-refractivity contribution is 0.297. The Morgan fingerprint density at radius 2 is 2.22 bits per heavy atom. The number of hydrogen-bond donors (Lipinski definition) is 3. The van der Waals surface area contributed by atoms with Crippen LogP contribution in [0.1, 0.15) is 37.1 Å². The summed E-state index contributed by atoms with van der Waals surface area (Å²) in [6.45, 7) is 2.29. The van der Waals surface area contributed by atoms with Gasteiger partial charge in [0, 0.05) is 13.1 Å². The lowest BCUT2D eigenvalue weighted by atomic mass is 9.83. The Kier molecular flexibility index (Phi) is 4.04. The summed E-state index contributed by atoms with van der Waals surface area (Å²) < 4.78 is 26.9. The lowest BCUT2D eigenvalue weighted by Gasteiger charge is -2.25. The maximum Gasteiger partial charge on any atom is 0.244 e. The maximum atomic E-state index is 12.2. The fourth-order valence-electron chi connectivity index (χ4n) is 2.22. The Morgan fingerprint density at radius 3 is 2.78 bits per heavy atom. The van der Waals surface area contributed by atoms with E-state index < -0.39 is 10.0 Å². The van der Waals surface area contributed by atoms with E-state index in [0.717, 1.165) is 6.42 Å². The van der Waals surface area contributed by atoms with Crippen molar-refractivity contribution in [1.82, 2.24) is 14.9 Å². The van der Waals surface area contributed by atoms with E-state index in [4.69, 9.17) is 5.73 Å². The zero-order valence-corrected chi connectivity index (χ0v) is 11.4. The van der Waals surface area contributed by atoms with Crippen LogP contribution >= 0.6 is 0 Å². The van der Waals surface area contributed by atoms with Gasteiger partial charge in [-0.1, -0.05) is 19.3 Å². The van der Waals surface area contributed by atoms with Gasteiger partial charge in [-0.05, 0) is 19.3 Å². The molecule has 0 aliphatic heterocycles. The molecule has 0 amide bonds. The SMILES string of the molecule is Cc1[nH]nc(CN)c1S(=O)(=O)NCCC1CCC1. The van der Waals surface area contributed by atoms with Gasteiger partial charge in [0.25, 0.3) is 0 Å². The third kappa shape index (κ3) is 2.73. The number of nitrogens with one attached hydrogen (secondary N) is 2.